The van der Waals surface area contributed by atoms with Crippen molar-refractivity contribution in [1.29, 1.82) is 0 Å². The third-order valence-corrected chi connectivity index (χ3v) is 3.30. The average Bonchev–Trinajstić information content (AvgIpc) is 2.86. The summed E-state index contributed by atoms with van der Waals surface area (Å²) < 4.78 is 7.86. The van der Waals surface area contributed by atoms with Gasteiger partial charge in [-0.15, -0.1) is 0 Å². The van der Waals surface area contributed by atoms with Gasteiger partial charge in [-0.1, -0.05) is 13.0 Å². The van der Waals surface area contributed by atoms with Crippen LogP contribution in [0.25, 0.3) is 10.9 Å². The highest BCUT2D eigenvalue weighted by Crippen LogP contribution is 2.26. The summed E-state index contributed by atoms with van der Waals surface area (Å²) >= 11 is 0. The Balaban J connectivity index is 2.17. The molecule has 4 nitrogen and oxygen atoms in total. The first-order chi connectivity index (χ1) is 9.63. The zero-order valence-corrected chi connectivity index (χ0v) is 12.4. The molecule has 0 saturated heterocycles. The van der Waals surface area contributed by atoms with Crippen molar-refractivity contribution in [2.45, 2.75) is 26.3 Å². The number of carbonyl (C=O) groups excluding carboxylic acids is 1. The fourth-order valence-electron chi connectivity index (χ4n) is 2.17. The van der Waals surface area contributed by atoms with Gasteiger partial charge in [-0.05, 0) is 24.6 Å². The molecule has 0 unspecified atom stereocenters. The number of amides is 1. The summed E-state index contributed by atoms with van der Waals surface area (Å²) in [4.78, 5) is 13.3. The second kappa shape index (κ2) is 6.46. The van der Waals surface area contributed by atoms with Crippen LogP contribution in [-0.2, 0) is 11.3 Å². The largest absolute Gasteiger partial charge is 0.493 e. The van der Waals surface area contributed by atoms with E-state index in [-0.39, 0.29) is 5.91 Å². The SMILES string of the molecule is CCCOc1cccc2c1ccn2CCC(=O)N(C)C. The van der Waals surface area contributed by atoms with E-state index in [2.05, 4.69) is 23.6 Å². The highest BCUT2D eigenvalue weighted by molar-refractivity contribution is 5.86. The van der Waals surface area contributed by atoms with Crippen molar-refractivity contribution >= 4 is 16.8 Å². The van der Waals surface area contributed by atoms with Crippen LogP contribution >= 0.6 is 0 Å². The third-order valence-electron chi connectivity index (χ3n) is 3.30. The van der Waals surface area contributed by atoms with Crippen LogP contribution < -0.4 is 4.74 Å². The maximum Gasteiger partial charge on any atom is 0.223 e. The molecule has 0 N–H and O–H groups in total. The Kier molecular flexibility index (Phi) is 4.66. The lowest BCUT2D eigenvalue weighted by Crippen LogP contribution is -2.22. The van der Waals surface area contributed by atoms with E-state index in [9.17, 15) is 4.79 Å². The lowest BCUT2D eigenvalue weighted by atomic mass is 10.2. The van der Waals surface area contributed by atoms with Gasteiger partial charge in [0.2, 0.25) is 5.91 Å². The minimum absolute atomic E-state index is 0.144. The summed E-state index contributed by atoms with van der Waals surface area (Å²) in [7, 11) is 3.57. The van der Waals surface area contributed by atoms with Crippen molar-refractivity contribution in [1.82, 2.24) is 9.47 Å². The highest BCUT2D eigenvalue weighted by Gasteiger charge is 2.08. The summed E-state index contributed by atoms with van der Waals surface area (Å²) in [5.74, 6) is 1.06. The summed E-state index contributed by atoms with van der Waals surface area (Å²) in [6.45, 7) is 3.51. The highest BCUT2D eigenvalue weighted by atomic mass is 16.5. The number of rotatable bonds is 6. The van der Waals surface area contributed by atoms with E-state index >= 15 is 0 Å². The summed E-state index contributed by atoms with van der Waals surface area (Å²) in [5, 5.41) is 1.11. The number of aryl methyl sites for hydroxylation is 1. The predicted octanol–water partition coefficient (Wildman–Crippen LogP) is 2.91. The van der Waals surface area contributed by atoms with Crippen LogP contribution in [-0.4, -0.2) is 36.1 Å². The number of hydrogen-bond acceptors (Lipinski definition) is 2. The van der Waals surface area contributed by atoms with Gasteiger partial charge < -0.3 is 14.2 Å². The number of carbonyl (C=O) groups is 1. The molecule has 0 bridgehead atoms. The van der Waals surface area contributed by atoms with Crippen LogP contribution in [0, 0.1) is 0 Å². The van der Waals surface area contributed by atoms with Gasteiger partial charge in [-0.25, -0.2) is 0 Å². The first-order valence-corrected chi connectivity index (χ1v) is 7.04. The van der Waals surface area contributed by atoms with E-state index in [1.54, 1.807) is 19.0 Å². The summed E-state index contributed by atoms with van der Waals surface area (Å²) in [6.07, 6.45) is 3.53. The molecule has 108 valence electrons. The molecule has 2 aromatic rings. The van der Waals surface area contributed by atoms with Gasteiger partial charge in [0.15, 0.2) is 0 Å². The van der Waals surface area contributed by atoms with E-state index in [1.807, 2.05) is 18.3 Å². The van der Waals surface area contributed by atoms with Crippen LogP contribution in [0.4, 0.5) is 0 Å². The molecule has 0 saturated carbocycles. The number of hydrogen-bond donors (Lipinski definition) is 0. The van der Waals surface area contributed by atoms with Gasteiger partial charge in [0, 0.05) is 38.6 Å². The first kappa shape index (κ1) is 14.4. The van der Waals surface area contributed by atoms with Crippen LogP contribution in [0.5, 0.6) is 5.75 Å². The normalized spacial score (nSPS) is 10.8. The molecule has 0 aliphatic carbocycles. The van der Waals surface area contributed by atoms with Crippen molar-refractivity contribution in [2.75, 3.05) is 20.7 Å². The van der Waals surface area contributed by atoms with Gasteiger partial charge >= 0.3 is 0 Å². The molecule has 1 amide bonds. The zero-order chi connectivity index (χ0) is 14.5. The topological polar surface area (TPSA) is 34.5 Å². The number of nitrogens with zero attached hydrogens (tertiary/aromatic N) is 2. The van der Waals surface area contributed by atoms with E-state index in [4.69, 9.17) is 4.74 Å². The van der Waals surface area contributed by atoms with E-state index in [0.29, 0.717) is 13.0 Å². The van der Waals surface area contributed by atoms with Gasteiger partial charge in [0.05, 0.1) is 12.1 Å². The molecule has 0 atom stereocenters. The monoisotopic (exact) mass is 274 g/mol. The van der Waals surface area contributed by atoms with Gasteiger partial charge in [0.1, 0.15) is 5.75 Å². The van der Waals surface area contributed by atoms with E-state index < -0.39 is 0 Å². The maximum atomic E-state index is 11.7. The quantitative estimate of drug-likeness (QED) is 0.811. The average molecular weight is 274 g/mol. The molecule has 20 heavy (non-hydrogen) atoms. The number of benzene rings is 1. The van der Waals surface area contributed by atoms with E-state index in [1.165, 1.54) is 0 Å². The smallest absolute Gasteiger partial charge is 0.223 e. The molecule has 4 heteroatoms. The van der Waals surface area contributed by atoms with Gasteiger partial charge in [-0.2, -0.15) is 0 Å². The lowest BCUT2D eigenvalue weighted by Gasteiger charge is -2.11. The van der Waals surface area contributed by atoms with Crippen LogP contribution in [0.1, 0.15) is 19.8 Å². The third kappa shape index (κ3) is 3.13. The number of ether oxygens (including phenoxy) is 1. The fraction of sp³-hybridized carbons (Fsp3) is 0.438. The Morgan fingerprint density at radius 3 is 2.80 bits per heavy atom. The first-order valence-electron chi connectivity index (χ1n) is 7.04. The summed E-state index contributed by atoms with van der Waals surface area (Å²) in [5.41, 5.74) is 1.12. The number of aromatic nitrogens is 1. The minimum Gasteiger partial charge on any atom is -0.493 e. The Hall–Kier alpha value is -1.97. The van der Waals surface area contributed by atoms with Gasteiger partial charge in [-0.3, -0.25) is 4.79 Å². The Morgan fingerprint density at radius 1 is 1.30 bits per heavy atom. The molecular weight excluding hydrogens is 252 g/mol. The Labute approximate surface area is 119 Å². The van der Waals surface area contributed by atoms with Crippen LogP contribution in [0.3, 0.4) is 0 Å². The molecule has 0 aliphatic heterocycles. The Bertz CT molecular complexity index is 587. The number of fused-ring (bicyclic) bond motifs is 1. The molecule has 1 heterocycles. The molecule has 1 aromatic carbocycles. The molecule has 1 aromatic heterocycles. The summed E-state index contributed by atoms with van der Waals surface area (Å²) in [6, 6.07) is 8.11. The standard InChI is InChI=1S/C16H22N2O2/c1-4-12-20-15-7-5-6-14-13(15)8-10-18(14)11-9-16(19)17(2)3/h5-8,10H,4,9,11-12H2,1-3H3. The maximum absolute atomic E-state index is 11.7. The predicted molar refractivity (Wildman–Crippen MR) is 81.0 cm³/mol. The lowest BCUT2D eigenvalue weighted by molar-refractivity contribution is -0.128. The van der Waals surface area contributed by atoms with Crippen molar-refractivity contribution < 1.29 is 9.53 Å². The molecular formula is C16H22N2O2. The van der Waals surface area contributed by atoms with E-state index in [0.717, 1.165) is 29.7 Å². The molecule has 2 rings (SSSR count). The minimum atomic E-state index is 0.144. The van der Waals surface area contributed by atoms with Crippen molar-refractivity contribution in [3.05, 3.63) is 30.5 Å². The van der Waals surface area contributed by atoms with Crippen LogP contribution in [0.2, 0.25) is 0 Å². The van der Waals surface area contributed by atoms with Crippen molar-refractivity contribution in [3.63, 3.8) is 0 Å². The molecule has 0 spiro atoms. The molecule has 0 radical (unpaired) electrons. The van der Waals surface area contributed by atoms with Crippen molar-refractivity contribution in [2.24, 2.45) is 0 Å². The Morgan fingerprint density at radius 2 is 2.10 bits per heavy atom. The fourth-order valence-corrected chi connectivity index (χ4v) is 2.17. The van der Waals surface area contributed by atoms with Crippen molar-refractivity contribution in [3.8, 4) is 5.75 Å². The van der Waals surface area contributed by atoms with Gasteiger partial charge in [0.25, 0.3) is 0 Å². The van der Waals surface area contributed by atoms with Crippen LogP contribution in [0.15, 0.2) is 30.5 Å². The second-order valence-electron chi connectivity index (χ2n) is 5.08. The molecule has 0 fully saturated rings. The molecule has 0 aliphatic rings. The zero-order valence-electron chi connectivity index (χ0n) is 12.4. The second-order valence-corrected chi connectivity index (χ2v) is 5.08.